The van der Waals surface area contributed by atoms with Crippen LogP contribution in [0.15, 0.2) is 36.8 Å². The zero-order valence-electron chi connectivity index (χ0n) is 15.0. The van der Waals surface area contributed by atoms with Crippen LogP contribution in [0.1, 0.15) is 11.6 Å². The van der Waals surface area contributed by atoms with Crippen LogP contribution in [-0.2, 0) is 0 Å². The predicted molar refractivity (Wildman–Crippen MR) is 98.4 cm³/mol. The Morgan fingerprint density at radius 2 is 1.77 bits per heavy atom. The minimum absolute atomic E-state index is 0.406. The number of benzene rings is 1. The lowest BCUT2D eigenvalue weighted by Gasteiger charge is -2.40. The number of anilines is 1. The summed E-state index contributed by atoms with van der Waals surface area (Å²) < 4.78 is 16.5. The summed E-state index contributed by atoms with van der Waals surface area (Å²) in [5, 5.41) is 0.876. The SMILES string of the molecule is COc1cc2c(N3CC(c4ccccn4)C3)ncnc2c(OC)c1OC. The molecule has 1 aromatic carbocycles. The summed E-state index contributed by atoms with van der Waals surface area (Å²) in [7, 11) is 4.79. The second kappa shape index (κ2) is 6.67. The molecule has 1 saturated heterocycles. The molecule has 0 spiro atoms. The Kier molecular flexibility index (Phi) is 4.20. The van der Waals surface area contributed by atoms with Gasteiger partial charge in [-0.25, -0.2) is 9.97 Å². The quantitative estimate of drug-likeness (QED) is 0.699. The molecule has 0 unspecified atom stereocenters. The van der Waals surface area contributed by atoms with Crippen molar-refractivity contribution >= 4 is 16.7 Å². The summed E-state index contributed by atoms with van der Waals surface area (Å²) in [5.74, 6) is 2.94. The molecule has 3 heterocycles. The van der Waals surface area contributed by atoms with Crippen LogP contribution in [0, 0.1) is 0 Å². The maximum atomic E-state index is 5.55. The van der Waals surface area contributed by atoms with Gasteiger partial charge in [0.15, 0.2) is 11.5 Å². The van der Waals surface area contributed by atoms with E-state index in [9.17, 15) is 0 Å². The van der Waals surface area contributed by atoms with E-state index in [0.29, 0.717) is 28.7 Å². The van der Waals surface area contributed by atoms with Gasteiger partial charge in [-0.15, -0.1) is 0 Å². The Bertz CT molecular complexity index is 927. The van der Waals surface area contributed by atoms with Gasteiger partial charge in [-0.2, -0.15) is 0 Å². The fraction of sp³-hybridized carbons (Fsp3) is 0.316. The summed E-state index contributed by atoms with van der Waals surface area (Å²) in [6, 6.07) is 7.92. The van der Waals surface area contributed by atoms with Gasteiger partial charge in [0.2, 0.25) is 5.75 Å². The number of pyridine rings is 1. The molecule has 0 radical (unpaired) electrons. The number of aromatic nitrogens is 3. The van der Waals surface area contributed by atoms with Gasteiger partial charge in [-0.05, 0) is 18.2 Å². The van der Waals surface area contributed by atoms with Crippen LogP contribution in [0.5, 0.6) is 17.2 Å². The zero-order valence-corrected chi connectivity index (χ0v) is 15.0. The highest BCUT2D eigenvalue weighted by Gasteiger charge is 2.32. The Hall–Kier alpha value is -3.09. The van der Waals surface area contributed by atoms with E-state index in [1.807, 2.05) is 24.4 Å². The van der Waals surface area contributed by atoms with Crippen LogP contribution in [-0.4, -0.2) is 49.4 Å². The maximum absolute atomic E-state index is 5.55. The average molecular weight is 352 g/mol. The molecule has 1 fully saturated rings. The van der Waals surface area contributed by atoms with Gasteiger partial charge >= 0.3 is 0 Å². The second-order valence-corrected chi connectivity index (χ2v) is 6.10. The van der Waals surface area contributed by atoms with E-state index in [-0.39, 0.29) is 0 Å². The first-order valence-electron chi connectivity index (χ1n) is 8.36. The maximum Gasteiger partial charge on any atom is 0.205 e. The van der Waals surface area contributed by atoms with E-state index in [2.05, 4.69) is 25.9 Å². The van der Waals surface area contributed by atoms with Crippen LogP contribution < -0.4 is 19.1 Å². The molecule has 0 bridgehead atoms. The zero-order chi connectivity index (χ0) is 18.1. The Morgan fingerprint density at radius 3 is 2.42 bits per heavy atom. The van der Waals surface area contributed by atoms with E-state index >= 15 is 0 Å². The van der Waals surface area contributed by atoms with Crippen molar-refractivity contribution < 1.29 is 14.2 Å². The summed E-state index contributed by atoms with van der Waals surface area (Å²) >= 11 is 0. The molecule has 1 aliphatic rings. The smallest absolute Gasteiger partial charge is 0.205 e. The summed E-state index contributed by atoms with van der Waals surface area (Å²) in [5.41, 5.74) is 1.82. The highest BCUT2D eigenvalue weighted by Crippen LogP contribution is 2.45. The molecule has 0 amide bonds. The number of ether oxygens (including phenoxy) is 3. The molecule has 7 nitrogen and oxygen atoms in total. The van der Waals surface area contributed by atoms with Gasteiger partial charge in [0, 0.05) is 30.9 Å². The lowest BCUT2D eigenvalue weighted by molar-refractivity contribution is 0.327. The minimum Gasteiger partial charge on any atom is -0.493 e. The molecule has 4 rings (SSSR count). The highest BCUT2D eigenvalue weighted by atomic mass is 16.5. The molecule has 1 aliphatic heterocycles. The standard InChI is InChI=1S/C19H20N4O3/c1-24-15-8-13-16(18(26-3)17(15)25-2)21-11-22-19(13)23-9-12(10-23)14-6-4-5-7-20-14/h4-8,11-12H,9-10H2,1-3H3. The normalized spacial score (nSPS) is 14.2. The van der Waals surface area contributed by atoms with E-state index < -0.39 is 0 Å². The van der Waals surface area contributed by atoms with Crippen LogP contribution >= 0.6 is 0 Å². The number of hydrogen-bond acceptors (Lipinski definition) is 7. The van der Waals surface area contributed by atoms with Gasteiger partial charge < -0.3 is 19.1 Å². The summed E-state index contributed by atoms with van der Waals surface area (Å²) in [6.07, 6.45) is 3.39. The fourth-order valence-corrected chi connectivity index (χ4v) is 3.36. The third-order valence-electron chi connectivity index (χ3n) is 4.70. The molecule has 2 aromatic heterocycles. The molecular formula is C19H20N4O3. The third-order valence-corrected chi connectivity index (χ3v) is 4.70. The topological polar surface area (TPSA) is 69.6 Å². The molecule has 7 heteroatoms. The average Bonchev–Trinajstić information content (AvgIpc) is 2.66. The van der Waals surface area contributed by atoms with Crippen molar-refractivity contribution in [1.82, 2.24) is 15.0 Å². The van der Waals surface area contributed by atoms with E-state index in [0.717, 1.165) is 30.0 Å². The first kappa shape index (κ1) is 16.4. The van der Waals surface area contributed by atoms with E-state index in [1.165, 1.54) is 0 Å². The predicted octanol–water partition coefficient (Wildman–Crippen LogP) is 2.65. The molecule has 3 aromatic rings. The van der Waals surface area contributed by atoms with Crippen molar-refractivity contribution in [3.63, 3.8) is 0 Å². The van der Waals surface area contributed by atoms with Gasteiger partial charge in [0.1, 0.15) is 17.7 Å². The van der Waals surface area contributed by atoms with Gasteiger partial charge in [0.05, 0.1) is 26.7 Å². The van der Waals surface area contributed by atoms with Crippen molar-refractivity contribution in [2.75, 3.05) is 39.3 Å². The number of nitrogens with zero attached hydrogens (tertiary/aromatic N) is 4. The molecule has 26 heavy (non-hydrogen) atoms. The van der Waals surface area contributed by atoms with Crippen LogP contribution in [0.2, 0.25) is 0 Å². The lowest BCUT2D eigenvalue weighted by Crippen LogP contribution is -2.45. The first-order valence-corrected chi connectivity index (χ1v) is 8.36. The fourth-order valence-electron chi connectivity index (χ4n) is 3.36. The number of fused-ring (bicyclic) bond motifs is 1. The van der Waals surface area contributed by atoms with Crippen LogP contribution in [0.4, 0.5) is 5.82 Å². The second-order valence-electron chi connectivity index (χ2n) is 6.10. The van der Waals surface area contributed by atoms with E-state index in [4.69, 9.17) is 14.2 Å². The van der Waals surface area contributed by atoms with Crippen molar-refractivity contribution in [2.45, 2.75) is 5.92 Å². The molecule has 0 aliphatic carbocycles. The Labute approximate surface area is 151 Å². The monoisotopic (exact) mass is 352 g/mol. The van der Waals surface area contributed by atoms with Crippen molar-refractivity contribution in [1.29, 1.82) is 0 Å². The number of rotatable bonds is 5. The van der Waals surface area contributed by atoms with Gasteiger partial charge in [0.25, 0.3) is 0 Å². The molecule has 0 saturated carbocycles. The Balaban J connectivity index is 1.73. The number of hydrogen-bond donors (Lipinski definition) is 0. The van der Waals surface area contributed by atoms with Crippen molar-refractivity contribution in [2.24, 2.45) is 0 Å². The summed E-state index contributed by atoms with van der Waals surface area (Å²) in [6.45, 7) is 1.72. The molecule has 134 valence electrons. The van der Waals surface area contributed by atoms with Crippen molar-refractivity contribution in [3.8, 4) is 17.2 Å². The van der Waals surface area contributed by atoms with E-state index in [1.54, 1.807) is 27.7 Å². The number of methoxy groups -OCH3 is 3. The largest absolute Gasteiger partial charge is 0.493 e. The summed E-state index contributed by atoms with van der Waals surface area (Å²) in [4.78, 5) is 15.6. The molecular weight excluding hydrogens is 332 g/mol. The lowest BCUT2D eigenvalue weighted by atomic mass is 9.95. The first-order chi connectivity index (χ1) is 12.8. The van der Waals surface area contributed by atoms with Crippen LogP contribution in [0.3, 0.4) is 0 Å². The van der Waals surface area contributed by atoms with Gasteiger partial charge in [-0.3, -0.25) is 4.98 Å². The Morgan fingerprint density at radius 1 is 0.962 bits per heavy atom. The molecule has 0 N–H and O–H groups in total. The molecule has 0 atom stereocenters. The highest BCUT2D eigenvalue weighted by molar-refractivity contribution is 5.97. The van der Waals surface area contributed by atoms with Crippen molar-refractivity contribution in [3.05, 3.63) is 42.5 Å². The van der Waals surface area contributed by atoms with Crippen LogP contribution in [0.25, 0.3) is 10.9 Å². The third kappa shape index (κ3) is 2.56. The minimum atomic E-state index is 0.406. The van der Waals surface area contributed by atoms with Gasteiger partial charge in [-0.1, -0.05) is 6.07 Å².